The second-order valence-corrected chi connectivity index (χ2v) is 5.67. The number of nitrogens with one attached hydrogen (secondary N) is 2. The largest absolute Gasteiger partial charge is 0.444 e. The van der Waals surface area contributed by atoms with Crippen molar-refractivity contribution in [2.24, 2.45) is 5.41 Å². The first kappa shape index (κ1) is 15.7. The maximum absolute atomic E-state index is 11.6. The van der Waals surface area contributed by atoms with Crippen LogP contribution in [0.2, 0.25) is 0 Å². The SMILES string of the molecule is CC(C)(CO)CNC(=O)CNC(=O)c1ccc(Br)o1. The second-order valence-electron chi connectivity index (χ2n) is 4.89. The lowest BCUT2D eigenvalue weighted by molar-refractivity contribution is -0.120. The Hall–Kier alpha value is -1.34. The summed E-state index contributed by atoms with van der Waals surface area (Å²) in [6, 6.07) is 3.10. The summed E-state index contributed by atoms with van der Waals surface area (Å²) in [6.45, 7) is 3.82. The number of carbonyl (C=O) groups is 2. The first-order chi connectivity index (χ1) is 8.84. The molecule has 0 aliphatic carbocycles. The summed E-state index contributed by atoms with van der Waals surface area (Å²) < 4.78 is 5.50. The van der Waals surface area contributed by atoms with E-state index in [1.807, 2.05) is 13.8 Å². The van der Waals surface area contributed by atoms with Crippen molar-refractivity contribution in [3.05, 3.63) is 22.6 Å². The van der Waals surface area contributed by atoms with Gasteiger partial charge in [-0.05, 0) is 28.1 Å². The van der Waals surface area contributed by atoms with E-state index in [0.29, 0.717) is 11.2 Å². The van der Waals surface area contributed by atoms with Gasteiger partial charge in [0.1, 0.15) is 0 Å². The lowest BCUT2D eigenvalue weighted by Gasteiger charge is -2.21. The molecule has 0 aromatic carbocycles. The van der Waals surface area contributed by atoms with Gasteiger partial charge in [0, 0.05) is 18.6 Å². The second kappa shape index (κ2) is 6.72. The Morgan fingerprint density at radius 2 is 2.05 bits per heavy atom. The number of rotatable bonds is 6. The molecule has 0 bridgehead atoms. The molecule has 3 N–H and O–H groups in total. The van der Waals surface area contributed by atoms with E-state index in [-0.39, 0.29) is 30.2 Å². The van der Waals surface area contributed by atoms with Crippen LogP contribution in [0, 0.1) is 5.41 Å². The molecule has 0 saturated carbocycles. The number of hydrogen-bond acceptors (Lipinski definition) is 4. The van der Waals surface area contributed by atoms with E-state index in [0.717, 1.165) is 0 Å². The van der Waals surface area contributed by atoms with Gasteiger partial charge in [-0.2, -0.15) is 0 Å². The van der Waals surface area contributed by atoms with Gasteiger partial charge >= 0.3 is 0 Å². The fourth-order valence-electron chi connectivity index (χ4n) is 1.14. The molecule has 1 aromatic rings. The number of aliphatic hydroxyl groups excluding tert-OH is 1. The van der Waals surface area contributed by atoms with E-state index in [2.05, 4.69) is 26.6 Å². The molecular formula is C12H17BrN2O4. The van der Waals surface area contributed by atoms with Gasteiger partial charge in [0.05, 0.1) is 6.54 Å². The molecule has 0 aliphatic heterocycles. The number of furan rings is 1. The Morgan fingerprint density at radius 1 is 1.37 bits per heavy atom. The molecular weight excluding hydrogens is 316 g/mol. The highest BCUT2D eigenvalue weighted by molar-refractivity contribution is 9.10. The standard InChI is InChI=1S/C12H17BrN2O4/c1-12(2,7-16)6-15-10(17)5-14-11(18)8-3-4-9(13)19-8/h3-4,16H,5-7H2,1-2H3,(H,14,18)(H,15,17). The third-order valence-corrected chi connectivity index (χ3v) is 2.82. The Morgan fingerprint density at radius 3 is 2.58 bits per heavy atom. The van der Waals surface area contributed by atoms with Crippen molar-refractivity contribution >= 4 is 27.7 Å². The van der Waals surface area contributed by atoms with Crippen LogP contribution in [0.3, 0.4) is 0 Å². The molecule has 7 heteroatoms. The Labute approximate surface area is 119 Å². The van der Waals surface area contributed by atoms with Crippen LogP contribution in [0.4, 0.5) is 0 Å². The van der Waals surface area contributed by atoms with E-state index < -0.39 is 5.91 Å². The number of amides is 2. The van der Waals surface area contributed by atoms with Crippen LogP contribution in [0.1, 0.15) is 24.4 Å². The van der Waals surface area contributed by atoms with Crippen molar-refractivity contribution in [3.8, 4) is 0 Å². The highest BCUT2D eigenvalue weighted by Gasteiger charge is 2.18. The molecule has 1 aromatic heterocycles. The molecule has 0 atom stereocenters. The van der Waals surface area contributed by atoms with E-state index in [9.17, 15) is 9.59 Å². The molecule has 2 amide bonds. The minimum Gasteiger partial charge on any atom is -0.444 e. The van der Waals surface area contributed by atoms with Gasteiger partial charge in [-0.3, -0.25) is 9.59 Å². The molecule has 6 nitrogen and oxygen atoms in total. The third-order valence-electron chi connectivity index (χ3n) is 2.40. The summed E-state index contributed by atoms with van der Waals surface area (Å²) in [5, 5.41) is 14.1. The van der Waals surface area contributed by atoms with Gasteiger partial charge in [0.15, 0.2) is 10.4 Å². The minimum absolute atomic E-state index is 0.0277. The molecule has 0 unspecified atom stereocenters. The van der Waals surface area contributed by atoms with Crippen molar-refractivity contribution in [2.45, 2.75) is 13.8 Å². The third kappa shape index (κ3) is 5.44. The van der Waals surface area contributed by atoms with E-state index in [1.165, 1.54) is 6.07 Å². The van der Waals surface area contributed by atoms with Crippen LogP contribution in [-0.2, 0) is 4.79 Å². The fourth-order valence-corrected chi connectivity index (χ4v) is 1.45. The number of aliphatic hydroxyl groups is 1. The number of carbonyl (C=O) groups excluding carboxylic acids is 2. The maximum Gasteiger partial charge on any atom is 0.287 e. The van der Waals surface area contributed by atoms with Crippen molar-refractivity contribution in [3.63, 3.8) is 0 Å². The van der Waals surface area contributed by atoms with Crippen molar-refractivity contribution in [1.82, 2.24) is 10.6 Å². The first-order valence-corrected chi connectivity index (χ1v) is 6.54. The molecule has 0 saturated heterocycles. The molecule has 0 spiro atoms. The Kier molecular flexibility index (Phi) is 5.56. The summed E-state index contributed by atoms with van der Waals surface area (Å²) in [6.07, 6.45) is 0. The van der Waals surface area contributed by atoms with Crippen LogP contribution < -0.4 is 10.6 Å². The van der Waals surface area contributed by atoms with E-state index in [4.69, 9.17) is 9.52 Å². The van der Waals surface area contributed by atoms with Crippen LogP contribution >= 0.6 is 15.9 Å². The van der Waals surface area contributed by atoms with Gasteiger partial charge in [-0.1, -0.05) is 13.8 Å². The predicted molar refractivity (Wildman–Crippen MR) is 72.6 cm³/mol. The molecule has 0 aliphatic rings. The topological polar surface area (TPSA) is 91.6 Å². The van der Waals surface area contributed by atoms with Gasteiger partial charge in [0.25, 0.3) is 5.91 Å². The van der Waals surface area contributed by atoms with Crippen LogP contribution in [-0.4, -0.2) is 36.6 Å². The lowest BCUT2D eigenvalue weighted by Crippen LogP contribution is -2.41. The zero-order chi connectivity index (χ0) is 14.5. The van der Waals surface area contributed by atoms with E-state index in [1.54, 1.807) is 6.07 Å². The summed E-state index contributed by atoms with van der Waals surface area (Å²) in [7, 11) is 0. The average molecular weight is 333 g/mol. The summed E-state index contributed by atoms with van der Waals surface area (Å²) >= 11 is 3.09. The first-order valence-electron chi connectivity index (χ1n) is 5.75. The predicted octanol–water partition coefficient (Wildman–Crippen LogP) is 0.907. The van der Waals surface area contributed by atoms with Crippen molar-refractivity contribution in [2.75, 3.05) is 19.7 Å². The molecule has 1 heterocycles. The maximum atomic E-state index is 11.6. The molecule has 1 rings (SSSR count). The van der Waals surface area contributed by atoms with Gasteiger partial charge < -0.3 is 20.2 Å². The molecule has 0 radical (unpaired) electrons. The molecule has 19 heavy (non-hydrogen) atoms. The average Bonchev–Trinajstić information content (AvgIpc) is 2.80. The normalized spacial score (nSPS) is 11.2. The summed E-state index contributed by atoms with van der Waals surface area (Å²) in [5.74, 6) is -0.641. The van der Waals surface area contributed by atoms with Crippen molar-refractivity contribution in [1.29, 1.82) is 0 Å². The van der Waals surface area contributed by atoms with Gasteiger partial charge in [-0.15, -0.1) is 0 Å². The quantitative estimate of drug-likeness (QED) is 0.722. The van der Waals surface area contributed by atoms with Crippen LogP contribution in [0.5, 0.6) is 0 Å². The van der Waals surface area contributed by atoms with Gasteiger partial charge in [-0.25, -0.2) is 0 Å². The van der Waals surface area contributed by atoms with Crippen LogP contribution in [0.15, 0.2) is 21.2 Å². The highest BCUT2D eigenvalue weighted by Crippen LogP contribution is 2.13. The van der Waals surface area contributed by atoms with E-state index >= 15 is 0 Å². The monoisotopic (exact) mass is 332 g/mol. The Balaban J connectivity index is 2.33. The summed E-state index contributed by atoms with van der Waals surface area (Å²) in [5.41, 5.74) is -0.383. The highest BCUT2D eigenvalue weighted by atomic mass is 79.9. The Bertz CT molecular complexity index is 456. The number of halogens is 1. The molecule has 0 fully saturated rings. The van der Waals surface area contributed by atoms with Crippen LogP contribution in [0.25, 0.3) is 0 Å². The zero-order valence-corrected chi connectivity index (χ0v) is 12.4. The minimum atomic E-state index is -0.456. The van der Waals surface area contributed by atoms with Crippen molar-refractivity contribution < 1.29 is 19.1 Å². The zero-order valence-electron chi connectivity index (χ0n) is 10.8. The summed E-state index contributed by atoms with van der Waals surface area (Å²) in [4.78, 5) is 23.1. The molecule has 106 valence electrons. The fraction of sp³-hybridized carbons (Fsp3) is 0.500. The smallest absolute Gasteiger partial charge is 0.287 e. The number of hydrogen-bond donors (Lipinski definition) is 3. The van der Waals surface area contributed by atoms with Gasteiger partial charge in [0.2, 0.25) is 5.91 Å². The lowest BCUT2D eigenvalue weighted by atomic mass is 9.95.